The van der Waals surface area contributed by atoms with Crippen LogP contribution in [0.15, 0.2) is 41.2 Å². The van der Waals surface area contributed by atoms with Crippen molar-refractivity contribution in [2.75, 3.05) is 19.0 Å². The van der Waals surface area contributed by atoms with Crippen molar-refractivity contribution in [3.63, 3.8) is 0 Å². The minimum Gasteiger partial charge on any atom is -0.493 e. The molecule has 0 unspecified atom stereocenters. The Labute approximate surface area is 133 Å². The number of hydrogen-bond acceptors (Lipinski definition) is 4. The first-order valence-corrected chi connectivity index (χ1v) is 7.45. The molecule has 0 saturated heterocycles. The van der Waals surface area contributed by atoms with E-state index in [4.69, 9.17) is 9.47 Å². The third kappa shape index (κ3) is 3.31. The van der Waals surface area contributed by atoms with Gasteiger partial charge in [0.15, 0.2) is 11.5 Å². The van der Waals surface area contributed by atoms with E-state index in [1.807, 2.05) is 43.3 Å². The molecule has 0 aliphatic heterocycles. The van der Waals surface area contributed by atoms with E-state index in [9.17, 15) is 4.79 Å². The van der Waals surface area contributed by atoms with Gasteiger partial charge in [-0.15, -0.1) is 0 Å². The second-order valence-electron chi connectivity index (χ2n) is 5.11. The topological polar surface area (TPSA) is 79.1 Å². The zero-order valence-corrected chi connectivity index (χ0v) is 13.1. The molecule has 0 aliphatic rings. The smallest absolute Gasteiger partial charge is 0.323 e. The average Bonchev–Trinajstić information content (AvgIpc) is 2.92. The lowest BCUT2D eigenvalue weighted by Crippen LogP contribution is -2.01. The Kier molecular flexibility index (Phi) is 4.23. The number of ether oxygens (including phenoxy) is 2. The van der Waals surface area contributed by atoms with E-state index < -0.39 is 0 Å². The van der Waals surface area contributed by atoms with Gasteiger partial charge in [-0.3, -0.25) is 0 Å². The molecule has 0 fully saturated rings. The van der Waals surface area contributed by atoms with Crippen molar-refractivity contribution in [3.8, 4) is 11.5 Å². The fourth-order valence-corrected chi connectivity index (χ4v) is 2.45. The lowest BCUT2D eigenvalue weighted by Gasteiger charge is -2.12. The standard InChI is InChI=1S/C17H19N3O3/c1-3-23-16-8-11(4-7-15(16)22-2)10-18-12-5-6-13-14(9-12)20-17(21)19-13/h4-9,18H,3,10H2,1-2H3,(H2,19,20,21). The number of nitrogens with one attached hydrogen (secondary N) is 3. The molecule has 120 valence electrons. The van der Waals surface area contributed by atoms with E-state index in [0.717, 1.165) is 33.8 Å². The van der Waals surface area contributed by atoms with Gasteiger partial charge in [0.2, 0.25) is 0 Å². The van der Waals surface area contributed by atoms with Crippen LogP contribution in [0.1, 0.15) is 12.5 Å². The van der Waals surface area contributed by atoms with Gasteiger partial charge in [-0.1, -0.05) is 6.07 Å². The maximum Gasteiger partial charge on any atom is 0.323 e. The molecular formula is C17H19N3O3. The van der Waals surface area contributed by atoms with Crippen molar-refractivity contribution < 1.29 is 9.47 Å². The van der Waals surface area contributed by atoms with Gasteiger partial charge in [0.1, 0.15) is 0 Å². The molecule has 6 heteroatoms. The summed E-state index contributed by atoms with van der Waals surface area (Å²) in [5.74, 6) is 1.46. The summed E-state index contributed by atoms with van der Waals surface area (Å²) >= 11 is 0. The van der Waals surface area contributed by atoms with E-state index in [0.29, 0.717) is 13.2 Å². The highest BCUT2D eigenvalue weighted by Gasteiger charge is 2.06. The van der Waals surface area contributed by atoms with E-state index in [1.54, 1.807) is 7.11 Å². The van der Waals surface area contributed by atoms with Crippen molar-refractivity contribution in [1.29, 1.82) is 0 Å². The average molecular weight is 313 g/mol. The molecule has 2 aromatic carbocycles. The molecule has 0 saturated carbocycles. The second-order valence-corrected chi connectivity index (χ2v) is 5.11. The summed E-state index contributed by atoms with van der Waals surface area (Å²) in [5, 5.41) is 3.34. The number of anilines is 1. The molecule has 1 aromatic heterocycles. The first-order valence-electron chi connectivity index (χ1n) is 7.45. The quantitative estimate of drug-likeness (QED) is 0.654. The Morgan fingerprint density at radius 1 is 1.04 bits per heavy atom. The van der Waals surface area contributed by atoms with Gasteiger partial charge in [0, 0.05) is 12.2 Å². The van der Waals surface area contributed by atoms with Gasteiger partial charge in [-0.25, -0.2) is 4.79 Å². The van der Waals surface area contributed by atoms with Crippen LogP contribution in [0.25, 0.3) is 11.0 Å². The van der Waals surface area contributed by atoms with E-state index >= 15 is 0 Å². The highest BCUT2D eigenvalue weighted by molar-refractivity contribution is 5.78. The monoisotopic (exact) mass is 313 g/mol. The van der Waals surface area contributed by atoms with Crippen LogP contribution in [-0.4, -0.2) is 23.7 Å². The van der Waals surface area contributed by atoms with Crippen molar-refractivity contribution in [2.45, 2.75) is 13.5 Å². The third-order valence-corrected chi connectivity index (χ3v) is 3.54. The number of rotatable bonds is 6. The van der Waals surface area contributed by atoms with E-state index in [2.05, 4.69) is 15.3 Å². The van der Waals surface area contributed by atoms with Gasteiger partial charge in [0.25, 0.3) is 0 Å². The second kappa shape index (κ2) is 6.48. The van der Waals surface area contributed by atoms with Crippen LogP contribution in [-0.2, 0) is 6.54 Å². The number of hydrogen-bond donors (Lipinski definition) is 3. The highest BCUT2D eigenvalue weighted by Crippen LogP contribution is 2.28. The van der Waals surface area contributed by atoms with Crippen molar-refractivity contribution in [2.24, 2.45) is 0 Å². The number of H-pyrrole nitrogens is 2. The van der Waals surface area contributed by atoms with E-state index in [-0.39, 0.29) is 5.69 Å². The summed E-state index contributed by atoms with van der Waals surface area (Å²) < 4.78 is 10.9. The summed E-state index contributed by atoms with van der Waals surface area (Å²) in [4.78, 5) is 16.8. The number of fused-ring (bicyclic) bond motifs is 1. The maximum atomic E-state index is 11.3. The Morgan fingerprint density at radius 3 is 2.65 bits per heavy atom. The normalized spacial score (nSPS) is 10.7. The number of aromatic amines is 2. The molecule has 0 atom stereocenters. The zero-order chi connectivity index (χ0) is 16.2. The first-order chi connectivity index (χ1) is 11.2. The largest absolute Gasteiger partial charge is 0.493 e. The number of imidazole rings is 1. The predicted molar refractivity (Wildman–Crippen MR) is 90.4 cm³/mol. The van der Waals surface area contributed by atoms with Crippen LogP contribution in [0.5, 0.6) is 11.5 Å². The van der Waals surface area contributed by atoms with Crippen LogP contribution >= 0.6 is 0 Å². The molecule has 3 N–H and O–H groups in total. The van der Waals surface area contributed by atoms with Crippen LogP contribution in [0.4, 0.5) is 5.69 Å². The van der Waals surface area contributed by atoms with Crippen LogP contribution < -0.4 is 20.5 Å². The lowest BCUT2D eigenvalue weighted by molar-refractivity contribution is 0.310. The summed E-state index contributed by atoms with van der Waals surface area (Å²) in [6.45, 7) is 3.17. The van der Waals surface area contributed by atoms with Crippen molar-refractivity contribution in [1.82, 2.24) is 9.97 Å². The number of aromatic nitrogens is 2. The van der Waals surface area contributed by atoms with Gasteiger partial charge in [-0.05, 0) is 42.8 Å². The van der Waals surface area contributed by atoms with Crippen molar-refractivity contribution >= 4 is 16.7 Å². The van der Waals surface area contributed by atoms with Gasteiger partial charge in [-0.2, -0.15) is 0 Å². The zero-order valence-electron chi connectivity index (χ0n) is 13.1. The summed E-state index contributed by atoms with van der Waals surface area (Å²) in [6, 6.07) is 11.6. The minimum absolute atomic E-state index is 0.200. The third-order valence-electron chi connectivity index (χ3n) is 3.54. The summed E-state index contributed by atoms with van der Waals surface area (Å²) in [7, 11) is 1.63. The van der Waals surface area contributed by atoms with Crippen LogP contribution in [0.3, 0.4) is 0 Å². The highest BCUT2D eigenvalue weighted by atomic mass is 16.5. The lowest BCUT2D eigenvalue weighted by atomic mass is 10.2. The first kappa shape index (κ1) is 15.0. The molecule has 23 heavy (non-hydrogen) atoms. The molecule has 0 bridgehead atoms. The molecule has 1 heterocycles. The fraction of sp³-hybridized carbons (Fsp3) is 0.235. The summed E-state index contributed by atoms with van der Waals surface area (Å²) in [5.41, 5.74) is 3.39. The molecular weight excluding hydrogens is 294 g/mol. The Morgan fingerprint density at radius 2 is 1.87 bits per heavy atom. The SMILES string of the molecule is CCOc1cc(CNc2ccc3[nH]c(=O)[nH]c3c2)ccc1OC. The molecule has 6 nitrogen and oxygen atoms in total. The van der Waals surface area contributed by atoms with Gasteiger partial charge >= 0.3 is 5.69 Å². The molecule has 0 amide bonds. The molecule has 3 rings (SSSR count). The molecule has 0 aliphatic carbocycles. The number of methoxy groups -OCH3 is 1. The minimum atomic E-state index is -0.200. The molecule has 3 aromatic rings. The summed E-state index contributed by atoms with van der Waals surface area (Å²) in [6.07, 6.45) is 0. The Balaban J connectivity index is 1.75. The van der Waals surface area contributed by atoms with Gasteiger partial charge < -0.3 is 24.8 Å². The van der Waals surface area contributed by atoms with Crippen LogP contribution in [0.2, 0.25) is 0 Å². The van der Waals surface area contributed by atoms with E-state index in [1.165, 1.54) is 0 Å². The predicted octanol–water partition coefficient (Wildman–Crippen LogP) is 2.88. The van der Waals surface area contributed by atoms with Crippen molar-refractivity contribution in [3.05, 3.63) is 52.4 Å². The Hall–Kier alpha value is -2.89. The maximum absolute atomic E-state index is 11.3. The molecule has 0 radical (unpaired) electrons. The Bertz CT molecular complexity index is 867. The fourth-order valence-electron chi connectivity index (χ4n) is 2.45. The number of benzene rings is 2. The van der Waals surface area contributed by atoms with Gasteiger partial charge in [0.05, 0.1) is 24.8 Å². The molecule has 0 spiro atoms. The van der Waals surface area contributed by atoms with Crippen LogP contribution in [0, 0.1) is 0 Å².